The van der Waals surface area contributed by atoms with Gasteiger partial charge in [-0.3, -0.25) is 0 Å². The van der Waals surface area contributed by atoms with Crippen molar-refractivity contribution in [1.82, 2.24) is 5.32 Å². The van der Waals surface area contributed by atoms with Crippen LogP contribution in [0.5, 0.6) is 0 Å². The van der Waals surface area contributed by atoms with Gasteiger partial charge in [-0.1, -0.05) is 30.3 Å². The SMILES string of the molecule is O=C(NCc1cc(F)cc(I)c1)OCc1ccccc1. The van der Waals surface area contributed by atoms with Gasteiger partial charge >= 0.3 is 6.09 Å². The van der Waals surface area contributed by atoms with Crippen LogP contribution in [0.3, 0.4) is 0 Å². The summed E-state index contributed by atoms with van der Waals surface area (Å²) in [4.78, 5) is 11.5. The van der Waals surface area contributed by atoms with Gasteiger partial charge in [0.25, 0.3) is 0 Å². The Morgan fingerprint density at radius 1 is 1.15 bits per heavy atom. The van der Waals surface area contributed by atoms with E-state index in [2.05, 4.69) is 5.32 Å². The molecule has 0 radical (unpaired) electrons. The Balaban J connectivity index is 1.80. The normalized spacial score (nSPS) is 10.1. The summed E-state index contributed by atoms with van der Waals surface area (Å²) < 4.78 is 19.0. The van der Waals surface area contributed by atoms with Gasteiger partial charge in [-0.25, -0.2) is 9.18 Å². The molecule has 104 valence electrons. The number of halogens is 2. The molecule has 0 aromatic heterocycles. The summed E-state index contributed by atoms with van der Waals surface area (Å²) in [5.74, 6) is -0.314. The number of alkyl carbamates (subject to hydrolysis) is 1. The fourth-order valence-corrected chi connectivity index (χ4v) is 2.36. The van der Waals surface area contributed by atoms with Crippen LogP contribution >= 0.6 is 22.6 Å². The zero-order chi connectivity index (χ0) is 14.4. The minimum absolute atomic E-state index is 0.216. The third kappa shape index (κ3) is 4.80. The van der Waals surface area contributed by atoms with Gasteiger partial charge in [0.1, 0.15) is 12.4 Å². The van der Waals surface area contributed by atoms with Crippen molar-refractivity contribution in [3.63, 3.8) is 0 Å². The maximum Gasteiger partial charge on any atom is 0.407 e. The predicted molar refractivity (Wildman–Crippen MR) is 82.6 cm³/mol. The molecule has 0 aliphatic carbocycles. The predicted octanol–water partition coefficient (Wildman–Crippen LogP) is 3.86. The molecule has 0 saturated heterocycles. The van der Waals surface area contributed by atoms with E-state index in [4.69, 9.17) is 4.74 Å². The molecule has 0 spiro atoms. The van der Waals surface area contributed by atoms with Gasteiger partial charge in [-0.15, -0.1) is 0 Å². The lowest BCUT2D eigenvalue weighted by molar-refractivity contribution is 0.139. The molecular weight excluding hydrogens is 372 g/mol. The Labute approximate surface area is 130 Å². The number of hydrogen-bond acceptors (Lipinski definition) is 2. The van der Waals surface area contributed by atoms with E-state index in [-0.39, 0.29) is 19.0 Å². The standard InChI is InChI=1S/C15H13FINO2/c16-13-6-12(7-14(17)8-13)9-18-15(19)20-10-11-4-2-1-3-5-11/h1-8H,9-10H2,(H,18,19). The fraction of sp³-hybridized carbons (Fsp3) is 0.133. The van der Waals surface area contributed by atoms with Crippen molar-refractivity contribution in [3.8, 4) is 0 Å². The van der Waals surface area contributed by atoms with Crippen LogP contribution in [0, 0.1) is 9.39 Å². The van der Waals surface area contributed by atoms with Crippen LogP contribution in [0.25, 0.3) is 0 Å². The lowest BCUT2D eigenvalue weighted by atomic mass is 10.2. The average Bonchev–Trinajstić information content (AvgIpc) is 2.43. The summed E-state index contributed by atoms with van der Waals surface area (Å²) in [5.41, 5.74) is 1.62. The van der Waals surface area contributed by atoms with Crippen molar-refractivity contribution >= 4 is 28.7 Å². The first-order chi connectivity index (χ1) is 9.63. The molecule has 0 bridgehead atoms. The molecule has 0 saturated carbocycles. The second-order valence-corrected chi connectivity index (χ2v) is 5.44. The van der Waals surface area contributed by atoms with E-state index in [0.29, 0.717) is 5.56 Å². The molecule has 2 rings (SSSR count). The number of carbonyl (C=O) groups is 1. The largest absolute Gasteiger partial charge is 0.445 e. The van der Waals surface area contributed by atoms with E-state index < -0.39 is 6.09 Å². The molecule has 1 N–H and O–H groups in total. The minimum atomic E-state index is -0.520. The first-order valence-electron chi connectivity index (χ1n) is 6.03. The third-order valence-corrected chi connectivity index (χ3v) is 3.19. The van der Waals surface area contributed by atoms with Gasteiger partial charge in [0.05, 0.1) is 0 Å². The van der Waals surface area contributed by atoms with Gasteiger partial charge in [0.2, 0.25) is 0 Å². The van der Waals surface area contributed by atoms with Gasteiger partial charge in [-0.2, -0.15) is 0 Å². The highest BCUT2D eigenvalue weighted by Crippen LogP contribution is 2.11. The van der Waals surface area contributed by atoms with E-state index in [0.717, 1.165) is 9.13 Å². The van der Waals surface area contributed by atoms with Crippen LogP contribution in [0.1, 0.15) is 11.1 Å². The molecule has 5 heteroatoms. The van der Waals surface area contributed by atoms with Crippen molar-refractivity contribution in [1.29, 1.82) is 0 Å². The summed E-state index contributed by atoms with van der Waals surface area (Å²) in [5, 5.41) is 2.59. The molecule has 0 aliphatic rings. The van der Waals surface area contributed by atoms with Gasteiger partial charge in [0, 0.05) is 10.1 Å². The molecular formula is C15H13FINO2. The van der Waals surface area contributed by atoms with Crippen LogP contribution in [0.15, 0.2) is 48.5 Å². The quantitative estimate of drug-likeness (QED) is 0.812. The molecule has 2 aromatic rings. The van der Waals surface area contributed by atoms with Gasteiger partial charge in [0.15, 0.2) is 0 Å². The molecule has 20 heavy (non-hydrogen) atoms. The second kappa shape index (κ2) is 7.23. The number of benzene rings is 2. The zero-order valence-electron chi connectivity index (χ0n) is 10.6. The first kappa shape index (κ1) is 14.8. The number of amides is 1. The molecule has 0 fully saturated rings. The maximum atomic E-state index is 13.2. The number of hydrogen-bond donors (Lipinski definition) is 1. The van der Waals surface area contributed by atoms with Crippen molar-refractivity contribution in [2.24, 2.45) is 0 Å². The summed E-state index contributed by atoms with van der Waals surface area (Å²) in [7, 11) is 0. The Morgan fingerprint density at radius 3 is 2.60 bits per heavy atom. The zero-order valence-corrected chi connectivity index (χ0v) is 12.8. The van der Waals surface area contributed by atoms with Crippen LogP contribution in [0.4, 0.5) is 9.18 Å². The summed E-state index contributed by atoms with van der Waals surface area (Å²) >= 11 is 2.03. The Bertz CT molecular complexity index is 569. The molecule has 2 aromatic carbocycles. The van der Waals surface area contributed by atoms with Crippen LogP contribution in [-0.4, -0.2) is 6.09 Å². The molecule has 0 atom stereocenters. The van der Waals surface area contributed by atoms with Crippen molar-refractivity contribution < 1.29 is 13.9 Å². The van der Waals surface area contributed by atoms with Crippen LogP contribution in [0.2, 0.25) is 0 Å². The Morgan fingerprint density at radius 2 is 1.90 bits per heavy atom. The highest BCUT2D eigenvalue weighted by molar-refractivity contribution is 14.1. The molecule has 1 amide bonds. The monoisotopic (exact) mass is 385 g/mol. The average molecular weight is 385 g/mol. The van der Waals surface area contributed by atoms with Crippen LogP contribution in [-0.2, 0) is 17.9 Å². The van der Waals surface area contributed by atoms with Gasteiger partial charge in [-0.05, 0) is 51.9 Å². The lowest BCUT2D eigenvalue weighted by Crippen LogP contribution is -2.23. The number of rotatable bonds is 4. The topological polar surface area (TPSA) is 38.3 Å². The summed E-state index contributed by atoms with van der Waals surface area (Å²) in [6.07, 6.45) is -0.520. The third-order valence-electron chi connectivity index (χ3n) is 2.57. The first-order valence-corrected chi connectivity index (χ1v) is 7.11. The smallest absolute Gasteiger partial charge is 0.407 e. The number of carbonyl (C=O) groups excluding carboxylic acids is 1. The summed E-state index contributed by atoms with van der Waals surface area (Å²) in [6.45, 7) is 0.453. The number of nitrogens with one attached hydrogen (secondary N) is 1. The van der Waals surface area contributed by atoms with E-state index in [9.17, 15) is 9.18 Å². The van der Waals surface area contributed by atoms with Crippen molar-refractivity contribution in [3.05, 3.63) is 69.0 Å². The van der Waals surface area contributed by atoms with E-state index in [1.165, 1.54) is 12.1 Å². The molecule has 0 heterocycles. The van der Waals surface area contributed by atoms with Gasteiger partial charge < -0.3 is 10.1 Å². The van der Waals surface area contributed by atoms with E-state index >= 15 is 0 Å². The Hall–Kier alpha value is -1.63. The fourth-order valence-electron chi connectivity index (χ4n) is 1.66. The molecule has 0 aliphatic heterocycles. The maximum absolute atomic E-state index is 13.2. The Kier molecular flexibility index (Phi) is 5.34. The minimum Gasteiger partial charge on any atom is -0.445 e. The highest BCUT2D eigenvalue weighted by atomic mass is 127. The van der Waals surface area contributed by atoms with Crippen molar-refractivity contribution in [2.45, 2.75) is 13.2 Å². The highest BCUT2D eigenvalue weighted by Gasteiger charge is 2.04. The molecule has 0 unspecified atom stereocenters. The van der Waals surface area contributed by atoms with Crippen molar-refractivity contribution in [2.75, 3.05) is 0 Å². The second-order valence-electron chi connectivity index (χ2n) is 4.19. The number of ether oxygens (including phenoxy) is 1. The van der Waals surface area contributed by atoms with E-state index in [1.54, 1.807) is 6.07 Å². The summed E-state index contributed by atoms with van der Waals surface area (Å²) in [6, 6.07) is 14.0. The van der Waals surface area contributed by atoms with E-state index in [1.807, 2.05) is 52.9 Å². The molecule has 3 nitrogen and oxygen atoms in total. The lowest BCUT2D eigenvalue weighted by Gasteiger charge is -2.07. The van der Waals surface area contributed by atoms with Crippen LogP contribution < -0.4 is 5.32 Å².